The molecule has 18 heavy (non-hydrogen) atoms. The van der Waals surface area contributed by atoms with E-state index in [1.165, 1.54) is 12.3 Å². The summed E-state index contributed by atoms with van der Waals surface area (Å²) < 4.78 is 10.8. The predicted octanol–water partition coefficient (Wildman–Crippen LogP) is 1.62. The van der Waals surface area contributed by atoms with Crippen LogP contribution in [0.5, 0.6) is 0 Å². The molecule has 0 bridgehead atoms. The molecule has 0 aromatic carbocycles. The van der Waals surface area contributed by atoms with Gasteiger partial charge in [0, 0.05) is 31.4 Å². The molecule has 0 aliphatic heterocycles. The maximum absolute atomic E-state index is 11.1. The quantitative estimate of drug-likeness (QED) is 0.795. The zero-order chi connectivity index (χ0) is 13.5. The van der Waals surface area contributed by atoms with Gasteiger partial charge in [-0.2, -0.15) is 0 Å². The number of aromatic carboxylic acids is 1. The van der Waals surface area contributed by atoms with Crippen molar-refractivity contribution in [3.05, 3.63) is 22.3 Å². The van der Waals surface area contributed by atoms with E-state index in [9.17, 15) is 4.79 Å². The molecule has 0 radical (unpaired) electrons. The summed E-state index contributed by atoms with van der Waals surface area (Å²) in [6.45, 7) is 0.835. The summed E-state index contributed by atoms with van der Waals surface area (Å²) in [5.74, 6) is -0.726. The minimum atomic E-state index is -1.04. The Morgan fingerprint density at radius 1 is 1.61 bits per heavy atom. The van der Waals surface area contributed by atoms with Gasteiger partial charge in [-0.1, -0.05) is 0 Å². The van der Waals surface area contributed by atoms with Gasteiger partial charge in [-0.25, -0.2) is 9.78 Å². The van der Waals surface area contributed by atoms with Crippen LogP contribution in [-0.2, 0) is 9.47 Å². The zero-order valence-corrected chi connectivity index (χ0v) is 11.7. The third-order valence-corrected chi connectivity index (χ3v) is 2.70. The molecule has 0 spiro atoms. The molecular weight excluding hydrogens is 304 g/mol. The lowest BCUT2D eigenvalue weighted by atomic mass is 10.2. The standard InChI is InChI=1S/C11H15BrN2O4/c1-17-6-8(18-2)5-14-10-9(11(15)16)3-7(12)4-13-10/h3-4,8H,5-6H2,1-2H3,(H,13,14)(H,15,16). The first-order valence-corrected chi connectivity index (χ1v) is 6.02. The second kappa shape index (κ2) is 7.30. The molecule has 0 saturated heterocycles. The number of anilines is 1. The van der Waals surface area contributed by atoms with Crippen molar-refractivity contribution >= 4 is 27.7 Å². The predicted molar refractivity (Wildman–Crippen MR) is 70.1 cm³/mol. The van der Waals surface area contributed by atoms with E-state index in [1.54, 1.807) is 14.2 Å². The van der Waals surface area contributed by atoms with Crippen molar-refractivity contribution in [3.63, 3.8) is 0 Å². The van der Waals surface area contributed by atoms with Gasteiger partial charge in [0.05, 0.1) is 12.7 Å². The van der Waals surface area contributed by atoms with Gasteiger partial charge in [0.1, 0.15) is 11.4 Å². The molecule has 100 valence electrons. The molecule has 1 aromatic rings. The molecular formula is C11H15BrN2O4. The van der Waals surface area contributed by atoms with Crippen molar-refractivity contribution in [1.82, 2.24) is 4.98 Å². The zero-order valence-electron chi connectivity index (χ0n) is 10.1. The number of methoxy groups -OCH3 is 2. The van der Waals surface area contributed by atoms with E-state index < -0.39 is 5.97 Å². The van der Waals surface area contributed by atoms with E-state index in [-0.39, 0.29) is 11.7 Å². The van der Waals surface area contributed by atoms with Crippen molar-refractivity contribution in [3.8, 4) is 0 Å². The van der Waals surface area contributed by atoms with Crippen molar-refractivity contribution in [1.29, 1.82) is 0 Å². The number of ether oxygens (including phenoxy) is 2. The van der Waals surface area contributed by atoms with E-state index in [1.807, 2.05) is 0 Å². The Kier molecular flexibility index (Phi) is 6.03. The lowest BCUT2D eigenvalue weighted by molar-refractivity contribution is 0.0365. The molecule has 1 heterocycles. The summed E-state index contributed by atoms with van der Waals surface area (Å²) in [6.07, 6.45) is 1.37. The number of rotatable bonds is 7. The fourth-order valence-electron chi connectivity index (χ4n) is 1.35. The highest BCUT2D eigenvalue weighted by Crippen LogP contribution is 2.18. The number of pyridine rings is 1. The van der Waals surface area contributed by atoms with Crippen LogP contribution in [0.1, 0.15) is 10.4 Å². The number of carboxylic acids is 1. The highest BCUT2D eigenvalue weighted by atomic mass is 79.9. The van der Waals surface area contributed by atoms with Gasteiger partial charge < -0.3 is 19.9 Å². The molecule has 0 amide bonds. The summed E-state index contributed by atoms with van der Waals surface area (Å²) in [4.78, 5) is 15.1. The van der Waals surface area contributed by atoms with Crippen LogP contribution in [0.15, 0.2) is 16.7 Å². The molecule has 0 saturated carbocycles. The molecule has 0 aliphatic rings. The maximum atomic E-state index is 11.1. The summed E-state index contributed by atoms with van der Waals surface area (Å²) in [7, 11) is 3.14. The van der Waals surface area contributed by atoms with Gasteiger partial charge in [-0.05, 0) is 22.0 Å². The van der Waals surface area contributed by atoms with E-state index in [2.05, 4.69) is 26.2 Å². The van der Waals surface area contributed by atoms with Crippen LogP contribution in [0.3, 0.4) is 0 Å². The van der Waals surface area contributed by atoms with Crippen LogP contribution in [-0.4, -0.2) is 49.5 Å². The minimum Gasteiger partial charge on any atom is -0.478 e. The van der Waals surface area contributed by atoms with Gasteiger partial charge >= 0.3 is 5.97 Å². The number of hydrogen-bond donors (Lipinski definition) is 2. The number of nitrogens with zero attached hydrogens (tertiary/aromatic N) is 1. The number of hydrogen-bond acceptors (Lipinski definition) is 5. The van der Waals surface area contributed by atoms with Crippen LogP contribution in [0.25, 0.3) is 0 Å². The molecule has 1 aromatic heterocycles. The molecule has 0 fully saturated rings. The van der Waals surface area contributed by atoms with E-state index in [0.717, 1.165) is 0 Å². The first-order valence-electron chi connectivity index (χ1n) is 5.23. The first-order chi connectivity index (χ1) is 8.58. The third kappa shape index (κ3) is 4.25. The molecule has 7 heteroatoms. The SMILES string of the molecule is COCC(CNc1ncc(Br)cc1C(=O)O)OC. The fraction of sp³-hybridized carbons (Fsp3) is 0.455. The van der Waals surface area contributed by atoms with Crippen LogP contribution >= 0.6 is 15.9 Å². The van der Waals surface area contributed by atoms with Crippen molar-refractivity contribution < 1.29 is 19.4 Å². The summed E-state index contributed by atoms with van der Waals surface area (Å²) >= 11 is 3.18. The Morgan fingerprint density at radius 3 is 2.89 bits per heavy atom. The molecule has 1 atom stereocenters. The number of nitrogens with one attached hydrogen (secondary N) is 1. The normalized spacial score (nSPS) is 12.2. The molecule has 1 unspecified atom stereocenters. The summed E-state index contributed by atoms with van der Waals surface area (Å²) in [5.41, 5.74) is 0.108. The van der Waals surface area contributed by atoms with Crippen LogP contribution in [0.2, 0.25) is 0 Å². The molecule has 6 nitrogen and oxygen atoms in total. The highest BCUT2D eigenvalue weighted by Gasteiger charge is 2.14. The first kappa shape index (κ1) is 14.9. The van der Waals surface area contributed by atoms with Crippen molar-refractivity contribution in [2.24, 2.45) is 0 Å². The van der Waals surface area contributed by atoms with Gasteiger partial charge in [0.15, 0.2) is 0 Å². The second-order valence-electron chi connectivity index (χ2n) is 3.55. The smallest absolute Gasteiger partial charge is 0.339 e. The maximum Gasteiger partial charge on any atom is 0.339 e. The lowest BCUT2D eigenvalue weighted by Crippen LogP contribution is -2.27. The Hall–Kier alpha value is -1.18. The molecule has 0 aliphatic carbocycles. The third-order valence-electron chi connectivity index (χ3n) is 2.27. The Morgan fingerprint density at radius 2 is 2.33 bits per heavy atom. The van der Waals surface area contributed by atoms with E-state index in [0.29, 0.717) is 23.4 Å². The number of carboxylic acid groups (broad SMARTS) is 1. The molecule has 2 N–H and O–H groups in total. The largest absolute Gasteiger partial charge is 0.478 e. The number of halogens is 1. The monoisotopic (exact) mass is 318 g/mol. The Balaban J connectivity index is 2.74. The van der Waals surface area contributed by atoms with Crippen molar-refractivity contribution in [2.75, 3.05) is 32.7 Å². The van der Waals surface area contributed by atoms with Gasteiger partial charge in [0.2, 0.25) is 0 Å². The summed E-state index contributed by atoms with van der Waals surface area (Å²) in [5, 5.41) is 12.0. The summed E-state index contributed by atoms with van der Waals surface area (Å²) in [6, 6.07) is 1.50. The number of carbonyl (C=O) groups is 1. The Bertz CT molecular complexity index is 414. The fourth-order valence-corrected chi connectivity index (χ4v) is 1.68. The second-order valence-corrected chi connectivity index (χ2v) is 4.46. The van der Waals surface area contributed by atoms with Gasteiger partial charge in [0.25, 0.3) is 0 Å². The van der Waals surface area contributed by atoms with E-state index in [4.69, 9.17) is 14.6 Å². The van der Waals surface area contributed by atoms with Crippen LogP contribution in [0, 0.1) is 0 Å². The highest BCUT2D eigenvalue weighted by molar-refractivity contribution is 9.10. The van der Waals surface area contributed by atoms with Crippen LogP contribution in [0.4, 0.5) is 5.82 Å². The topological polar surface area (TPSA) is 80.7 Å². The lowest BCUT2D eigenvalue weighted by Gasteiger charge is -2.16. The average Bonchev–Trinajstić information content (AvgIpc) is 2.35. The molecule has 1 rings (SSSR count). The number of aromatic nitrogens is 1. The average molecular weight is 319 g/mol. The van der Waals surface area contributed by atoms with Gasteiger partial charge in [-0.15, -0.1) is 0 Å². The van der Waals surface area contributed by atoms with Crippen molar-refractivity contribution in [2.45, 2.75) is 6.10 Å². The Labute approximate surface area is 113 Å². The van der Waals surface area contributed by atoms with E-state index >= 15 is 0 Å². The van der Waals surface area contributed by atoms with Gasteiger partial charge in [-0.3, -0.25) is 0 Å². The van der Waals surface area contributed by atoms with Crippen LogP contribution < -0.4 is 5.32 Å². The minimum absolute atomic E-state index is 0.108.